The maximum Gasteiger partial charge on any atom is 0.272 e. The van der Waals surface area contributed by atoms with E-state index in [4.69, 9.17) is 0 Å². The molecular formula is C15H23N3OS. The van der Waals surface area contributed by atoms with Crippen LogP contribution in [0.15, 0.2) is 18.3 Å². The number of rotatable bonds is 4. The van der Waals surface area contributed by atoms with Gasteiger partial charge in [-0.2, -0.15) is 11.8 Å². The van der Waals surface area contributed by atoms with Crippen molar-refractivity contribution >= 4 is 23.4 Å². The second-order valence-corrected chi connectivity index (χ2v) is 6.66. The molecule has 0 radical (unpaired) electrons. The molecule has 2 atom stereocenters. The highest BCUT2D eigenvalue weighted by atomic mass is 32.2. The third-order valence-electron chi connectivity index (χ3n) is 3.70. The quantitative estimate of drug-likeness (QED) is 0.927. The maximum absolute atomic E-state index is 12.6. The molecule has 1 aromatic rings. The van der Waals surface area contributed by atoms with E-state index in [1.165, 1.54) is 0 Å². The van der Waals surface area contributed by atoms with Crippen LogP contribution < -0.4 is 5.32 Å². The molecule has 1 aliphatic heterocycles. The van der Waals surface area contributed by atoms with Crippen LogP contribution in [0.5, 0.6) is 0 Å². The Labute approximate surface area is 125 Å². The first-order valence-electron chi connectivity index (χ1n) is 7.26. The second-order valence-electron chi connectivity index (χ2n) is 5.17. The predicted octanol–water partition coefficient (Wildman–Crippen LogP) is 2.87. The summed E-state index contributed by atoms with van der Waals surface area (Å²) in [5.41, 5.74) is 1.51. The molecule has 2 heterocycles. The summed E-state index contributed by atoms with van der Waals surface area (Å²) in [6, 6.07) is 4.03. The first kappa shape index (κ1) is 15.2. The van der Waals surface area contributed by atoms with Crippen molar-refractivity contribution in [2.75, 3.05) is 24.2 Å². The zero-order chi connectivity index (χ0) is 14.5. The van der Waals surface area contributed by atoms with Gasteiger partial charge in [-0.05, 0) is 25.5 Å². The number of thioether (sulfide) groups is 1. The van der Waals surface area contributed by atoms with E-state index in [2.05, 4.69) is 31.1 Å². The fourth-order valence-electron chi connectivity index (χ4n) is 2.29. The SMILES string of the molecule is CCCNc1ccnc(C(=O)N2CCSC(C)C2C)c1. The highest BCUT2D eigenvalue weighted by Crippen LogP contribution is 2.25. The van der Waals surface area contributed by atoms with Crippen molar-refractivity contribution in [3.8, 4) is 0 Å². The first-order chi connectivity index (χ1) is 9.63. The molecule has 1 fully saturated rings. The van der Waals surface area contributed by atoms with Gasteiger partial charge < -0.3 is 10.2 Å². The maximum atomic E-state index is 12.6. The molecule has 0 aliphatic carbocycles. The van der Waals surface area contributed by atoms with Gasteiger partial charge in [0.25, 0.3) is 5.91 Å². The van der Waals surface area contributed by atoms with Gasteiger partial charge >= 0.3 is 0 Å². The number of amides is 1. The Morgan fingerprint density at radius 1 is 1.55 bits per heavy atom. The number of hydrogen-bond donors (Lipinski definition) is 1. The summed E-state index contributed by atoms with van der Waals surface area (Å²) in [4.78, 5) is 18.8. The molecule has 0 bridgehead atoms. The Hall–Kier alpha value is -1.23. The summed E-state index contributed by atoms with van der Waals surface area (Å²) in [6.07, 6.45) is 2.77. The van der Waals surface area contributed by atoms with Gasteiger partial charge in [-0.1, -0.05) is 13.8 Å². The van der Waals surface area contributed by atoms with Crippen LogP contribution in [0.2, 0.25) is 0 Å². The van der Waals surface area contributed by atoms with Crippen LogP contribution in [0.25, 0.3) is 0 Å². The van der Waals surface area contributed by atoms with Crippen LogP contribution in [-0.2, 0) is 0 Å². The average Bonchev–Trinajstić information content (AvgIpc) is 2.47. The topological polar surface area (TPSA) is 45.2 Å². The van der Waals surface area contributed by atoms with Crippen LogP contribution in [0.4, 0.5) is 5.69 Å². The molecule has 1 N–H and O–H groups in total. The third-order valence-corrected chi connectivity index (χ3v) is 5.04. The van der Waals surface area contributed by atoms with E-state index in [0.29, 0.717) is 10.9 Å². The summed E-state index contributed by atoms with van der Waals surface area (Å²) in [5, 5.41) is 3.78. The number of hydrogen-bond acceptors (Lipinski definition) is 4. The Morgan fingerprint density at radius 3 is 3.10 bits per heavy atom. The summed E-state index contributed by atoms with van der Waals surface area (Å²) in [7, 11) is 0. The first-order valence-corrected chi connectivity index (χ1v) is 8.31. The van der Waals surface area contributed by atoms with E-state index in [9.17, 15) is 4.79 Å². The lowest BCUT2D eigenvalue weighted by Crippen LogP contribution is -2.48. The molecule has 1 aromatic heterocycles. The predicted molar refractivity (Wildman–Crippen MR) is 85.4 cm³/mol. The number of aromatic nitrogens is 1. The van der Waals surface area contributed by atoms with Gasteiger partial charge in [0.2, 0.25) is 0 Å². The van der Waals surface area contributed by atoms with Crippen LogP contribution in [0.1, 0.15) is 37.7 Å². The minimum atomic E-state index is 0.0461. The average molecular weight is 293 g/mol. The van der Waals surface area contributed by atoms with Gasteiger partial charge in [0, 0.05) is 42.0 Å². The van der Waals surface area contributed by atoms with E-state index in [1.807, 2.05) is 28.8 Å². The summed E-state index contributed by atoms with van der Waals surface area (Å²) in [6.45, 7) is 8.14. The molecule has 1 aliphatic rings. The van der Waals surface area contributed by atoms with E-state index in [-0.39, 0.29) is 11.9 Å². The number of carbonyl (C=O) groups excluding carboxylic acids is 1. The van der Waals surface area contributed by atoms with Crippen molar-refractivity contribution < 1.29 is 4.79 Å². The smallest absolute Gasteiger partial charge is 0.272 e. The number of carbonyl (C=O) groups is 1. The third kappa shape index (κ3) is 3.45. The molecule has 20 heavy (non-hydrogen) atoms. The Bertz CT molecular complexity index is 466. The van der Waals surface area contributed by atoms with E-state index in [0.717, 1.165) is 31.0 Å². The normalized spacial score (nSPS) is 22.6. The lowest BCUT2D eigenvalue weighted by molar-refractivity contribution is 0.0692. The number of pyridine rings is 1. The van der Waals surface area contributed by atoms with E-state index < -0.39 is 0 Å². The van der Waals surface area contributed by atoms with Gasteiger partial charge in [-0.15, -0.1) is 0 Å². The van der Waals surface area contributed by atoms with E-state index >= 15 is 0 Å². The minimum Gasteiger partial charge on any atom is -0.385 e. The molecule has 4 nitrogen and oxygen atoms in total. The molecular weight excluding hydrogens is 270 g/mol. The Kier molecular flexibility index (Phi) is 5.29. The largest absolute Gasteiger partial charge is 0.385 e. The molecule has 2 rings (SSSR count). The van der Waals surface area contributed by atoms with Gasteiger partial charge in [-0.3, -0.25) is 9.78 Å². The van der Waals surface area contributed by atoms with Crippen molar-refractivity contribution in [2.45, 2.75) is 38.5 Å². The molecule has 5 heteroatoms. The van der Waals surface area contributed by atoms with Gasteiger partial charge in [0.15, 0.2) is 0 Å². The molecule has 2 unspecified atom stereocenters. The minimum absolute atomic E-state index is 0.0461. The molecule has 0 aromatic carbocycles. The Morgan fingerprint density at radius 2 is 2.35 bits per heavy atom. The van der Waals surface area contributed by atoms with Crippen molar-refractivity contribution in [3.63, 3.8) is 0 Å². The fourth-order valence-corrected chi connectivity index (χ4v) is 3.39. The molecule has 0 spiro atoms. The summed E-state index contributed by atoms with van der Waals surface area (Å²) >= 11 is 1.93. The summed E-state index contributed by atoms with van der Waals surface area (Å²) in [5.74, 6) is 1.05. The van der Waals surface area contributed by atoms with Crippen LogP contribution in [0.3, 0.4) is 0 Å². The number of nitrogens with zero attached hydrogens (tertiary/aromatic N) is 2. The zero-order valence-corrected chi connectivity index (χ0v) is 13.2. The lowest BCUT2D eigenvalue weighted by atomic mass is 10.2. The van der Waals surface area contributed by atoms with Crippen molar-refractivity contribution in [1.29, 1.82) is 0 Å². The number of anilines is 1. The molecule has 0 saturated carbocycles. The van der Waals surface area contributed by atoms with Crippen molar-refractivity contribution in [3.05, 3.63) is 24.0 Å². The van der Waals surface area contributed by atoms with Gasteiger partial charge in [0.1, 0.15) is 5.69 Å². The van der Waals surface area contributed by atoms with Crippen molar-refractivity contribution in [1.82, 2.24) is 9.88 Å². The van der Waals surface area contributed by atoms with Crippen LogP contribution in [-0.4, -0.2) is 45.9 Å². The molecule has 1 amide bonds. The molecule has 110 valence electrons. The lowest BCUT2D eigenvalue weighted by Gasteiger charge is -2.37. The summed E-state index contributed by atoms with van der Waals surface area (Å²) < 4.78 is 0. The van der Waals surface area contributed by atoms with Crippen molar-refractivity contribution in [2.24, 2.45) is 0 Å². The van der Waals surface area contributed by atoms with Crippen LogP contribution >= 0.6 is 11.8 Å². The fraction of sp³-hybridized carbons (Fsp3) is 0.600. The highest BCUT2D eigenvalue weighted by Gasteiger charge is 2.30. The second kappa shape index (κ2) is 6.97. The van der Waals surface area contributed by atoms with Crippen LogP contribution in [0, 0.1) is 0 Å². The number of nitrogens with one attached hydrogen (secondary N) is 1. The monoisotopic (exact) mass is 293 g/mol. The van der Waals surface area contributed by atoms with Gasteiger partial charge in [0.05, 0.1) is 0 Å². The van der Waals surface area contributed by atoms with E-state index in [1.54, 1.807) is 6.20 Å². The molecule has 1 saturated heterocycles. The Balaban J connectivity index is 2.12. The van der Waals surface area contributed by atoms with Gasteiger partial charge in [-0.25, -0.2) is 0 Å². The standard InChI is InChI=1S/C15H23N3OS/c1-4-6-16-13-5-7-17-14(10-13)15(19)18-8-9-20-12(3)11(18)2/h5,7,10-12H,4,6,8-9H2,1-3H3,(H,16,17). The highest BCUT2D eigenvalue weighted by molar-refractivity contribution is 8.00. The zero-order valence-electron chi connectivity index (χ0n) is 12.4.